The lowest BCUT2D eigenvalue weighted by molar-refractivity contribution is -0.133. The minimum atomic E-state index is -0.678. The van der Waals surface area contributed by atoms with Gasteiger partial charge in [-0.2, -0.15) is 0 Å². The van der Waals surface area contributed by atoms with Gasteiger partial charge in [0, 0.05) is 32.1 Å². The Labute approximate surface area is 162 Å². The summed E-state index contributed by atoms with van der Waals surface area (Å²) in [6.45, 7) is 0.154. The van der Waals surface area contributed by atoms with Crippen LogP contribution in [0.5, 0.6) is 0 Å². The van der Waals surface area contributed by atoms with E-state index in [0.29, 0.717) is 24.2 Å². The maximum atomic E-state index is 13.7. The number of halogens is 1. The molecule has 146 valence electrons. The predicted molar refractivity (Wildman–Crippen MR) is 101 cm³/mol. The van der Waals surface area contributed by atoms with Gasteiger partial charge >= 0.3 is 5.97 Å². The van der Waals surface area contributed by atoms with E-state index in [0.717, 1.165) is 6.42 Å². The number of carbonyl (C=O) groups is 3. The van der Waals surface area contributed by atoms with E-state index in [1.54, 1.807) is 47.4 Å². The molecule has 6 nitrogen and oxygen atoms in total. The van der Waals surface area contributed by atoms with Crippen molar-refractivity contribution in [3.8, 4) is 0 Å². The minimum absolute atomic E-state index is 0.0408. The van der Waals surface area contributed by atoms with Crippen molar-refractivity contribution in [2.45, 2.75) is 19.4 Å². The molecule has 2 amide bonds. The lowest BCUT2D eigenvalue weighted by Gasteiger charge is -2.20. The Balaban J connectivity index is 1.62. The topological polar surface area (TPSA) is 66.9 Å². The van der Waals surface area contributed by atoms with Crippen molar-refractivity contribution in [1.82, 2.24) is 4.90 Å². The summed E-state index contributed by atoms with van der Waals surface area (Å²) in [5.41, 5.74) is 1.10. The number of hydrogen-bond donors (Lipinski definition) is 0. The number of para-hydroxylation sites is 1. The van der Waals surface area contributed by atoms with Crippen LogP contribution in [0, 0.1) is 5.82 Å². The number of anilines is 1. The van der Waals surface area contributed by atoms with E-state index in [1.165, 1.54) is 18.0 Å². The Morgan fingerprint density at radius 2 is 1.86 bits per heavy atom. The van der Waals surface area contributed by atoms with Crippen LogP contribution in [0.1, 0.15) is 28.8 Å². The number of likely N-dealkylation sites (N-methyl/N-ethyl adjacent to an activating group) is 1. The van der Waals surface area contributed by atoms with Crippen molar-refractivity contribution >= 4 is 23.5 Å². The zero-order chi connectivity index (χ0) is 20.1. The van der Waals surface area contributed by atoms with Crippen LogP contribution >= 0.6 is 0 Å². The van der Waals surface area contributed by atoms with E-state index in [2.05, 4.69) is 0 Å². The fourth-order valence-electron chi connectivity index (χ4n) is 3.07. The number of hydrogen-bond acceptors (Lipinski definition) is 4. The monoisotopic (exact) mass is 384 g/mol. The molecule has 3 rings (SSSR count). The molecule has 0 aromatic heterocycles. The van der Waals surface area contributed by atoms with Crippen LogP contribution in [0.25, 0.3) is 0 Å². The number of esters is 1. The van der Waals surface area contributed by atoms with Gasteiger partial charge in [-0.25, -0.2) is 9.18 Å². The summed E-state index contributed by atoms with van der Waals surface area (Å²) in [6.07, 6.45) is 1.18. The fourth-order valence-corrected chi connectivity index (χ4v) is 3.07. The molecule has 0 atom stereocenters. The van der Waals surface area contributed by atoms with Gasteiger partial charge in [0.15, 0.2) is 6.61 Å². The molecular weight excluding hydrogens is 363 g/mol. The van der Waals surface area contributed by atoms with Gasteiger partial charge in [0.2, 0.25) is 5.91 Å². The molecule has 0 spiro atoms. The number of nitrogens with zero attached hydrogens (tertiary/aromatic N) is 2. The number of ether oxygens (including phenoxy) is 1. The second-order valence-electron chi connectivity index (χ2n) is 6.58. The highest BCUT2D eigenvalue weighted by Gasteiger charge is 2.26. The molecule has 0 unspecified atom stereocenters. The quantitative estimate of drug-likeness (QED) is 0.719. The zero-order valence-corrected chi connectivity index (χ0v) is 15.6. The van der Waals surface area contributed by atoms with Crippen molar-refractivity contribution in [3.05, 3.63) is 65.5 Å². The molecule has 7 heteroatoms. The normalized spacial score (nSPS) is 13.5. The van der Waals surface area contributed by atoms with Gasteiger partial charge in [-0.1, -0.05) is 30.3 Å². The Hall–Kier alpha value is -3.22. The molecule has 1 aliphatic heterocycles. The predicted octanol–water partition coefficient (Wildman–Crippen LogP) is 2.77. The molecule has 2 aromatic rings. The van der Waals surface area contributed by atoms with Gasteiger partial charge in [-0.3, -0.25) is 9.59 Å². The number of amides is 2. The maximum Gasteiger partial charge on any atom is 0.340 e. The molecule has 1 saturated heterocycles. The highest BCUT2D eigenvalue weighted by atomic mass is 19.1. The van der Waals surface area contributed by atoms with Crippen molar-refractivity contribution in [2.24, 2.45) is 0 Å². The van der Waals surface area contributed by atoms with E-state index in [9.17, 15) is 18.8 Å². The SMILES string of the molecule is CN(Cc1ccccc1F)C(=O)COC(=O)c1ccccc1N1CCCC1=O. The van der Waals surface area contributed by atoms with Crippen LogP contribution in [-0.4, -0.2) is 42.9 Å². The highest BCUT2D eigenvalue weighted by Crippen LogP contribution is 2.26. The van der Waals surface area contributed by atoms with E-state index in [-0.39, 0.29) is 18.0 Å². The van der Waals surface area contributed by atoms with Gasteiger partial charge in [0.1, 0.15) is 5.82 Å². The van der Waals surface area contributed by atoms with Gasteiger partial charge in [-0.05, 0) is 24.6 Å². The van der Waals surface area contributed by atoms with E-state index < -0.39 is 24.3 Å². The number of carbonyl (C=O) groups excluding carboxylic acids is 3. The summed E-state index contributed by atoms with van der Waals surface area (Å²) in [6, 6.07) is 12.8. The fraction of sp³-hybridized carbons (Fsp3) is 0.286. The van der Waals surface area contributed by atoms with Crippen molar-refractivity contribution in [2.75, 3.05) is 25.1 Å². The summed E-state index contributed by atoms with van der Waals surface area (Å²) in [4.78, 5) is 39.6. The van der Waals surface area contributed by atoms with E-state index >= 15 is 0 Å². The first-order chi connectivity index (χ1) is 13.5. The van der Waals surface area contributed by atoms with Crippen LogP contribution in [0.15, 0.2) is 48.5 Å². The standard InChI is InChI=1S/C21H21FN2O4/c1-23(13-15-7-2-4-9-17(15)22)20(26)14-28-21(27)16-8-3-5-10-18(16)24-12-6-11-19(24)25/h2-5,7-10H,6,11-14H2,1H3. The zero-order valence-electron chi connectivity index (χ0n) is 15.6. The molecule has 2 aromatic carbocycles. The first-order valence-corrected chi connectivity index (χ1v) is 9.01. The van der Waals surface area contributed by atoms with E-state index in [1.807, 2.05) is 0 Å². The molecule has 0 N–H and O–H groups in total. The second kappa shape index (κ2) is 8.65. The minimum Gasteiger partial charge on any atom is -0.452 e. The van der Waals surface area contributed by atoms with Crippen LogP contribution < -0.4 is 4.90 Å². The average Bonchev–Trinajstić information content (AvgIpc) is 3.13. The lowest BCUT2D eigenvalue weighted by atomic mass is 10.1. The number of benzene rings is 2. The largest absolute Gasteiger partial charge is 0.452 e. The Morgan fingerprint density at radius 3 is 2.57 bits per heavy atom. The Morgan fingerprint density at radius 1 is 1.14 bits per heavy atom. The lowest BCUT2D eigenvalue weighted by Crippen LogP contribution is -2.31. The summed E-state index contributed by atoms with van der Waals surface area (Å²) in [5.74, 6) is -1.57. The van der Waals surface area contributed by atoms with Crippen LogP contribution in [0.2, 0.25) is 0 Å². The third kappa shape index (κ3) is 4.36. The summed E-state index contributed by atoms with van der Waals surface area (Å²) >= 11 is 0. The van der Waals surface area contributed by atoms with Crippen LogP contribution in [-0.2, 0) is 20.9 Å². The summed E-state index contributed by atoms with van der Waals surface area (Å²) in [7, 11) is 1.51. The first kappa shape index (κ1) is 19.5. The van der Waals surface area contributed by atoms with Gasteiger partial charge in [-0.15, -0.1) is 0 Å². The van der Waals surface area contributed by atoms with Crippen molar-refractivity contribution in [3.63, 3.8) is 0 Å². The van der Waals surface area contributed by atoms with Gasteiger partial charge < -0.3 is 14.5 Å². The maximum absolute atomic E-state index is 13.7. The molecule has 0 radical (unpaired) electrons. The third-order valence-electron chi connectivity index (χ3n) is 4.61. The molecule has 1 aliphatic rings. The summed E-state index contributed by atoms with van der Waals surface area (Å²) < 4.78 is 18.9. The molecule has 1 heterocycles. The Kier molecular flexibility index (Phi) is 6.03. The highest BCUT2D eigenvalue weighted by molar-refractivity contribution is 6.03. The molecule has 0 saturated carbocycles. The second-order valence-corrected chi connectivity index (χ2v) is 6.58. The summed E-state index contributed by atoms with van der Waals surface area (Å²) in [5, 5.41) is 0. The molecule has 0 aliphatic carbocycles. The van der Waals surface area contributed by atoms with Crippen LogP contribution in [0.3, 0.4) is 0 Å². The molecule has 0 bridgehead atoms. The van der Waals surface area contributed by atoms with Crippen LogP contribution in [0.4, 0.5) is 10.1 Å². The van der Waals surface area contributed by atoms with Crippen molar-refractivity contribution < 1.29 is 23.5 Å². The van der Waals surface area contributed by atoms with Gasteiger partial charge in [0.05, 0.1) is 11.3 Å². The molecule has 1 fully saturated rings. The first-order valence-electron chi connectivity index (χ1n) is 9.01. The third-order valence-corrected chi connectivity index (χ3v) is 4.61. The van der Waals surface area contributed by atoms with Gasteiger partial charge in [0.25, 0.3) is 5.91 Å². The Bertz CT molecular complexity index is 899. The smallest absolute Gasteiger partial charge is 0.340 e. The average molecular weight is 384 g/mol. The molecule has 28 heavy (non-hydrogen) atoms. The number of rotatable bonds is 6. The van der Waals surface area contributed by atoms with Crippen molar-refractivity contribution in [1.29, 1.82) is 0 Å². The van der Waals surface area contributed by atoms with E-state index in [4.69, 9.17) is 4.74 Å². The molecular formula is C21H21FN2O4.